The molecule has 2 heterocycles. The number of nitrogens with zero attached hydrogens (tertiary/aromatic N) is 2. The number of nitrogens with one attached hydrogen (secondary N) is 1. The van der Waals surface area contributed by atoms with Crippen molar-refractivity contribution in [1.29, 1.82) is 0 Å². The molecule has 1 aliphatic heterocycles. The Kier molecular flexibility index (Phi) is 3.10. The zero-order chi connectivity index (χ0) is 9.80. The molecular weight excluding hydrogens is 182 g/mol. The van der Waals surface area contributed by atoms with Crippen molar-refractivity contribution in [3.05, 3.63) is 11.7 Å². The van der Waals surface area contributed by atoms with Gasteiger partial charge in [-0.2, -0.15) is 4.98 Å². The van der Waals surface area contributed by atoms with Gasteiger partial charge in [-0.25, -0.2) is 0 Å². The van der Waals surface area contributed by atoms with Crippen molar-refractivity contribution in [3.63, 3.8) is 0 Å². The van der Waals surface area contributed by atoms with Gasteiger partial charge in [0.2, 0.25) is 5.89 Å². The Balaban J connectivity index is 1.89. The Bertz CT molecular complexity index is 279. The van der Waals surface area contributed by atoms with E-state index in [-0.39, 0.29) is 0 Å². The average molecular weight is 197 g/mol. The number of hydrogen-bond acceptors (Lipinski definition) is 5. The highest BCUT2D eigenvalue weighted by Crippen LogP contribution is 2.07. The third-order valence-corrected chi connectivity index (χ3v) is 2.25. The Labute approximate surface area is 82.8 Å². The summed E-state index contributed by atoms with van der Waals surface area (Å²) in [5.41, 5.74) is 0. The maximum absolute atomic E-state index is 5.44. The molecule has 0 amide bonds. The summed E-state index contributed by atoms with van der Waals surface area (Å²) in [5.74, 6) is 1.86. The zero-order valence-corrected chi connectivity index (χ0v) is 8.32. The summed E-state index contributed by atoms with van der Waals surface area (Å²) in [6, 6.07) is 0. The lowest BCUT2D eigenvalue weighted by molar-refractivity contribution is 0.122. The summed E-state index contributed by atoms with van der Waals surface area (Å²) in [6.07, 6.45) is 0.824. The molecule has 0 spiro atoms. The van der Waals surface area contributed by atoms with Gasteiger partial charge in [-0.15, -0.1) is 0 Å². The summed E-state index contributed by atoms with van der Waals surface area (Å²) >= 11 is 0. The summed E-state index contributed by atoms with van der Waals surface area (Å²) in [6.45, 7) is 5.27. The minimum absolute atomic E-state index is 0.453. The highest BCUT2D eigenvalue weighted by Gasteiger charge is 2.15. The predicted molar refractivity (Wildman–Crippen MR) is 49.9 cm³/mol. The Morgan fingerprint density at radius 3 is 3.29 bits per heavy atom. The summed E-state index contributed by atoms with van der Waals surface area (Å²) in [7, 11) is 0. The van der Waals surface area contributed by atoms with Gasteiger partial charge in [0.1, 0.15) is 0 Å². The third kappa shape index (κ3) is 2.52. The van der Waals surface area contributed by atoms with Crippen LogP contribution in [0.2, 0.25) is 0 Å². The van der Waals surface area contributed by atoms with Gasteiger partial charge in [0, 0.05) is 32.4 Å². The molecule has 1 unspecified atom stereocenters. The number of ether oxygens (including phenoxy) is 1. The van der Waals surface area contributed by atoms with Gasteiger partial charge in [-0.1, -0.05) is 5.16 Å². The molecule has 0 radical (unpaired) electrons. The van der Waals surface area contributed by atoms with Crippen LogP contribution in [0.4, 0.5) is 0 Å². The fourth-order valence-corrected chi connectivity index (χ4v) is 1.57. The van der Waals surface area contributed by atoms with E-state index in [0.717, 1.165) is 38.5 Å². The van der Waals surface area contributed by atoms with Crippen LogP contribution >= 0.6 is 0 Å². The predicted octanol–water partition coefficient (Wildman–Crippen LogP) is 0.157. The monoisotopic (exact) mass is 197 g/mol. The van der Waals surface area contributed by atoms with Crippen LogP contribution in [0.3, 0.4) is 0 Å². The minimum Gasteiger partial charge on any atom is -0.380 e. The highest BCUT2D eigenvalue weighted by molar-refractivity contribution is 4.87. The van der Waals surface area contributed by atoms with Crippen LogP contribution in [0.5, 0.6) is 0 Å². The van der Waals surface area contributed by atoms with E-state index < -0.39 is 0 Å². The molecule has 1 atom stereocenters. The van der Waals surface area contributed by atoms with Gasteiger partial charge in [0.25, 0.3) is 0 Å². The van der Waals surface area contributed by atoms with E-state index in [9.17, 15) is 0 Å². The highest BCUT2D eigenvalue weighted by atomic mass is 16.5. The average Bonchev–Trinajstić information content (AvgIpc) is 2.43. The van der Waals surface area contributed by atoms with Crippen molar-refractivity contribution >= 4 is 0 Å². The summed E-state index contributed by atoms with van der Waals surface area (Å²) in [4.78, 5) is 4.17. The minimum atomic E-state index is 0.453. The van der Waals surface area contributed by atoms with Gasteiger partial charge >= 0.3 is 0 Å². The van der Waals surface area contributed by atoms with Crippen molar-refractivity contribution in [1.82, 2.24) is 15.5 Å². The Morgan fingerprint density at radius 2 is 2.50 bits per heavy atom. The van der Waals surface area contributed by atoms with Crippen molar-refractivity contribution in [2.24, 2.45) is 5.92 Å². The normalized spacial score (nSPS) is 23.4. The number of hydrogen-bond donors (Lipinski definition) is 1. The maximum atomic E-state index is 5.44. The SMILES string of the molecule is Cc1nc(CC2CNCCOC2)no1. The quantitative estimate of drug-likeness (QED) is 0.731. The molecule has 1 saturated heterocycles. The van der Waals surface area contributed by atoms with Crippen LogP contribution in [0.25, 0.3) is 0 Å². The fraction of sp³-hybridized carbons (Fsp3) is 0.778. The van der Waals surface area contributed by atoms with Crippen LogP contribution in [-0.4, -0.2) is 36.4 Å². The second kappa shape index (κ2) is 4.52. The van der Waals surface area contributed by atoms with Crippen molar-refractivity contribution in [2.75, 3.05) is 26.3 Å². The molecule has 5 nitrogen and oxygen atoms in total. The van der Waals surface area contributed by atoms with Crippen LogP contribution in [-0.2, 0) is 11.2 Å². The first-order chi connectivity index (χ1) is 6.84. The van der Waals surface area contributed by atoms with Crippen molar-refractivity contribution in [2.45, 2.75) is 13.3 Å². The first kappa shape index (κ1) is 9.61. The molecule has 1 N–H and O–H groups in total. The molecule has 0 bridgehead atoms. The molecule has 2 rings (SSSR count). The number of rotatable bonds is 2. The first-order valence-electron chi connectivity index (χ1n) is 4.92. The van der Waals surface area contributed by atoms with E-state index in [4.69, 9.17) is 9.26 Å². The van der Waals surface area contributed by atoms with E-state index >= 15 is 0 Å². The summed E-state index contributed by atoms with van der Waals surface area (Å²) < 4.78 is 10.4. The van der Waals surface area contributed by atoms with Gasteiger partial charge < -0.3 is 14.6 Å². The van der Waals surface area contributed by atoms with Gasteiger partial charge in [-0.3, -0.25) is 0 Å². The van der Waals surface area contributed by atoms with E-state index in [1.807, 2.05) is 0 Å². The molecule has 78 valence electrons. The molecule has 0 aromatic carbocycles. The zero-order valence-electron chi connectivity index (χ0n) is 8.32. The van der Waals surface area contributed by atoms with Gasteiger partial charge in [0.05, 0.1) is 13.2 Å². The topological polar surface area (TPSA) is 60.2 Å². The summed E-state index contributed by atoms with van der Waals surface area (Å²) in [5, 5.41) is 7.18. The van der Waals surface area contributed by atoms with Crippen LogP contribution in [0, 0.1) is 12.8 Å². The fourth-order valence-electron chi connectivity index (χ4n) is 1.57. The molecule has 1 aromatic heterocycles. The Hall–Kier alpha value is -0.940. The van der Waals surface area contributed by atoms with Crippen LogP contribution in [0.15, 0.2) is 4.52 Å². The van der Waals surface area contributed by atoms with Crippen LogP contribution < -0.4 is 5.32 Å². The maximum Gasteiger partial charge on any atom is 0.223 e. The number of aryl methyl sites for hydroxylation is 1. The van der Waals surface area contributed by atoms with Gasteiger partial charge in [0.15, 0.2) is 5.82 Å². The van der Waals surface area contributed by atoms with Crippen molar-refractivity contribution in [3.8, 4) is 0 Å². The molecule has 0 saturated carbocycles. The third-order valence-electron chi connectivity index (χ3n) is 2.25. The smallest absolute Gasteiger partial charge is 0.223 e. The largest absolute Gasteiger partial charge is 0.380 e. The second-order valence-electron chi connectivity index (χ2n) is 3.58. The van der Waals surface area contributed by atoms with Crippen LogP contribution in [0.1, 0.15) is 11.7 Å². The van der Waals surface area contributed by atoms with E-state index in [2.05, 4.69) is 15.5 Å². The molecule has 0 aliphatic carbocycles. The Morgan fingerprint density at radius 1 is 1.57 bits per heavy atom. The molecule has 1 fully saturated rings. The first-order valence-corrected chi connectivity index (χ1v) is 4.92. The lowest BCUT2D eigenvalue weighted by atomic mass is 10.1. The second-order valence-corrected chi connectivity index (χ2v) is 3.58. The lowest BCUT2D eigenvalue weighted by Crippen LogP contribution is -2.24. The molecular formula is C9H15N3O2. The van der Waals surface area contributed by atoms with Gasteiger partial charge in [-0.05, 0) is 0 Å². The van der Waals surface area contributed by atoms with E-state index in [1.165, 1.54) is 0 Å². The van der Waals surface area contributed by atoms with Crippen molar-refractivity contribution < 1.29 is 9.26 Å². The van der Waals surface area contributed by atoms with E-state index in [0.29, 0.717) is 11.8 Å². The molecule has 14 heavy (non-hydrogen) atoms. The standard InChI is InChI=1S/C9H15N3O2/c1-7-11-9(12-14-7)4-8-5-10-2-3-13-6-8/h8,10H,2-6H2,1H3. The lowest BCUT2D eigenvalue weighted by Gasteiger charge is -2.10. The molecule has 5 heteroatoms. The molecule has 1 aromatic rings. The number of aromatic nitrogens is 2. The molecule has 1 aliphatic rings. The van der Waals surface area contributed by atoms with E-state index in [1.54, 1.807) is 6.92 Å².